The number of sulfonamides is 1. The first-order chi connectivity index (χ1) is 12.6. The molecule has 5 nitrogen and oxygen atoms in total. The summed E-state index contributed by atoms with van der Waals surface area (Å²) in [5, 5.41) is 2.58. The third-order valence-electron chi connectivity index (χ3n) is 4.61. The van der Waals surface area contributed by atoms with E-state index in [1.54, 1.807) is 0 Å². The van der Waals surface area contributed by atoms with Crippen LogP contribution in [0.3, 0.4) is 0 Å². The molecule has 1 heterocycles. The average Bonchev–Trinajstić information content (AvgIpc) is 2.58. The minimum atomic E-state index is -4.11. The maximum atomic E-state index is 14.6. The topological polar surface area (TPSA) is 75.3 Å². The van der Waals surface area contributed by atoms with Crippen molar-refractivity contribution in [2.45, 2.75) is 44.6 Å². The quantitative estimate of drug-likeness (QED) is 0.834. The van der Waals surface area contributed by atoms with Gasteiger partial charge in [-0.05, 0) is 35.1 Å². The van der Waals surface area contributed by atoms with Gasteiger partial charge in [-0.3, -0.25) is 4.79 Å². The Labute approximate surface area is 159 Å². The number of halogens is 1. The second kappa shape index (κ2) is 7.05. The lowest BCUT2D eigenvalue weighted by atomic mass is 9.83. The van der Waals surface area contributed by atoms with Gasteiger partial charge in [0.1, 0.15) is 10.7 Å². The molecule has 1 amide bonds. The van der Waals surface area contributed by atoms with E-state index in [2.05, 4.69) is 10.0 Å². The van der Waals surface area contributed by atoms with E-state index in [0.717, 1.165) is 11.6 Å². The molecule has 2 N–H and O–H groups in total. The van der Waals surface area contributed by atoms with Crippen molar-refractivity contribution in [3.05, 3.63) is 59.4 Å². The van der Waals surface area contributed by atoms with Crippen molar-refractivity contribution in [3.8, 4) is 0 Å². The highest BCUT2D eigenvalue weighted by molar-refractivity contribution is 7.89. The summed E-state index contributed by atoms with van der Waals surface area (Å²) in [6, 6.07) is 11.1. The van der Waals surface area contributed by atoms with Crippen molar-refractivity contribution < 1.29 is 17.6 Å². The van der Waals surface area contributed by atoms with Gasteiger partial charge in [0.25, 0.3) is 0 Å². The van der Waals surface area contributed by atoms with Gasteiger partial charge < -0.3 is 5.32 Å². The van der Waals surface area contributed by atoms with E-state index in [0.29, 0.717) is 17.7 Å². The van der Waals surface area contributed by atoms with Gasteiger partial charge in [0.05, 0.1) is 6.04 Å². The molecule has 0 saturated carbocycles. The number of nitrogens with one attached hydrogen (secondary N) is 2. The monoisotopic (exact) mass is 390 g/mol. The van der Waals surface area contributed by atoms with E-state index in [4.69, 9.17) is 0 Å². The minimum Gasteiger partial charge on any atom is -0.326 e. The summed E-state index contributed by atoms with van der Waals surface area (Å²) in [5.41, 5.74) is 1.33. The lowest BCUT2D eigenvalue weighted by molar-refractivity contribution is -0.116. The molecule has 2 aromatic rings. The Morgan fingerprint density at radius 2 is 1.78 bits per heavy atom. The van der Waals surface area contributed by atoms with Crippen molar-refractivity contribution in [3.63, 3.8) is 0 Å². The number of carbonyl (C=O) groups is 1. The summed E-state index contributed by atoms with van der Waals surface area (Å²) in [4.78, 5) is 11.1. The molecular weight excluding hydrogens is 367 g/mol. The molecule has 3 rings (SSSR count). The molecule has 7 heteroatoms. The van der Waals surface area contributed by atoms with Crippen LogP contribution < -0.4 is 10.0 Å². The summed E-state index contributed by atoms with van der Waals surface area (Å²) >= 11 is 0. The highest BCUT2D eigenvalue weighted by Crippen LogP contribution is 2.35. The van der Waals surface area contributed by atoms with Crippen molar-refractivity contribution in [2.24, 2.45) is 5.41 Å². The first-order valence-corrected chi connectivity index (χ1v) is 10.3. The lowest BCUT2D eigenvalue weighted by Crippen LogP contribution is -2.37. The van der Waals surface area contributed by atoms with Crippen LogP contribution in [-0.4, -0.2) is 14.3 Å². The number of carbonyl (C=O) groups excluding carboxylic acids is 1. The summed E-state index contributed by atoms with van der Waals surface area (Å²) < 4.78 is 43.2. The number of amides is 1. The number of hydrogen-bond acceptors (Lipinski definition) is 3. The number of rotatable bonds is 4. The van der Waals surface area contributed by atoms with Crippen LogP contribution in [0.5, 0.6) is 0 Å². The third-order valence-corrected chi connectivity index (χ3v) is 6.05. The molecule has 0 aliphatic carbocycles. The maximum Gasteiger partial charge on any atom is 0.244 e. The van der Waals surface area contributed by atoms with Gasteiger partial charge in [-0.25, -0.2) is 17.5 Å². The van der Waals surface area contributed by atoms with Crippen LogP contribution in [-0.2, 0) is 21.2 Å². The van der Waals surface area contributed by atoms with Crippen molar-refractivity contribution in [2.75, 3.05) is 5.32 Å². The predicted octanol–water partition coefficient (Wildman–Crippen LogP) is 3.78. The number of anilines is 1. The van der Waals surface area contributed by atoms with Crippen LogP contribution in [0, 0.1) is 11.2 Å². The van der Waals surface area contributed by atoms with E-state index >= 15 is 0 Å². The average molecular weight is 390 g/mol. The molecule has 27 heavy (non-hydrogen) atoms. The molecule has 0 aromatic heterocycles. The molecule has 0 bridgehead atoms. The zero-order valence-corrected chi connectivity index (χ0v) is 16.4. The molecule has 144 valence electrons. The fourth-order valence-electron chi connectivity index (χ4n) is 3.19. The molecule has 0 radical (unpaired) electrons. The Bertz CT molecular complexity index is 967. The lowest BCUT2D eigenvalue weighted by Gasteiger charge is -2.32. The number of hydrogen-bond donors (Lipinski definition) is 2. The van der Waals surface area contributed by atoms with E-state index in [1.165, 1.54) is 6.07 Å². The van der Waals surface area contributed by atoms with Crippen LogP contribution >= 0.6 is 0 Å². The van der Waals surface area contributed by atoms with Gasteiger partial charge in [0.2, 0.25) is 15.9 Å². The van der Waals surface area contributed by atoms with Crippen molar-refractivity contribution in [1.82, 2.24) is 4.72 Å². The molecule has 2 aromatic carbocycles. The highest BCUT2D eigenvalue weighted by Gasteiger charge is 2.33. The Kier molecular flexibility index (Phi) is 5.10. The Hall–Kier alpha value is -2.25. The van der Waals surface area contributed by atoms with Crippen molar-refractivity contribution in [1.29, 1.82) is 0 Å². The summed E-state index contributed by atoms with van der Waals surface area (Å²) in [5.74, 6) is -1.09. The van der Waals surface area contributed by atoms with Crippen LogP contribution in [0.1, 0.15) is 44.4 Å². The fourth-order valence-corrected chi connectivity index (χ4v) is 4.73. The minimum absolute atomic E-state index is 0.201. The zero-order chi connectivity index (χ0) is 19.8. The van der Waals surface area contributed by atoms with Crippen LogP contribution in [0.15, 0.2) is 47.4 Å². The summed E-state index contributed by atoms with van der Waals surface area (Å²) in [6.45, 7) is 5.77. The summed E-state index contributed by atoms with van der Waals surface area (Å²) in [7, 11) is -4.11. The fraction of sp³-hybridized carbons (Fsp3) is 0.350. The van der Waals surface area contributed by atoms with Gasteiger partial charge in [-0.2, -0.15) is 0 Å². The highest BCUT2D eigenvalue weighted by atomic mass is 32.2. The second-order valence-corrected chi connectivity index (χ2v) is 9.50. The van der Waals surface area contributed by atoms with Gasteiger partial charge in [0.15, 0.2) is 0 Å². The van der Waals surface area contributed by atoms with Gasteiger partial charge in [0, 0.05) is 12.1 Å². The third kappa shape index (κ3) is 4.20. The first-order valence-electron chi connectivity index (χ1n) is 8.77. The number of benzene rings is 2. The Morgan fingerprint density at radius 3 is 2.41 bits per heavy atom. The van der Waals surface area contributed by atoms with E-state index in [-0.39, 0.29) is 12.3 Å². The SMILES string of the molecule is CC(C)(C)C(NS(=O)(=O)c1cc2c(cc1F)NC(=O)CC2)c1ccccc1. The molecule has 1 aliphatic rings. The normalized spacial score (nSPS) is 15.8. The second-order valence-electron chi connectivity index (χ2n) is 7.82. The predicted molar refractivity (Wildman–Crippen MR) is 102 cm³/mol. The standard InChI is InChI=1S/C20H23FN2O3S/c1-20(2,3)19(13-7-5-4-6-8-13)23-27(25,26)17-11-14-9-10-18(24)22-16(14)12-15(17)21/h4-8,11-12,19,23H,9-10H2,1-3H3,(H,22,24). The molecule has 0 fully saturated rings. The first kappa shape index (κ1) is 19.5. The van der Waals surface area contributed by atoms with Gasteiger partial charge in [-0.1, -0.05) is 51.1 Å². The maximum absolute atomic E-state index is 14.6. The zero-order valence-electron chi connectivity index (χ0n) is 15.5. The van der Waals surface area contributed by atoms with Crippen molar-refractivity contribution >= 4 is 21.6 Å². The van der Waals surface area contributed by atoms with E-state index in [9.17, 15) is 17.6 Å². The summed E-state index contributed by atoms with van der Waals surface area (Å²) in [6.07, 6.45) is 0.630. The van der Waals surface area contributed by atoms with E-state index in [1.807, 2.05) is 51.1 Å². The molecule has 0 spiro atoms. The molecule has 0 saturated heterocycles. The Morgan fingerprint density at radius 1 is 1.11 bits per heavy atom. The molecular formula is C20H23FN2O3S. The van der Waals surface area contributed by atoms with Crippen LogP contribution in [0.25, 0.3) is 0 Å². The van der Waals surface area contributed by atoms with Crippen LogP contribution in [0.4, 0.5) is 10.1 Å². The Balaban J connectivity index is 2.00. The van der Waals surface area contributed by atoms with Gasteiger partial charge in [-0.15, -0.1) is 0 Å². The molecule has 1 unspecified atom stereocenters. The molecule has 1 atom stereocenters. The van der Waals surface area contributed by atoms with Crippen LogP contribution in [0.2, 0.25) is 0 Å². The van der Waals surface area contributed by atoms with Gasteiger partial charge >= 0.3 is 0 Å². The largest absolute Gasteiger partial charge is 0.326 e. The molecule has 1 aliphatic heterocycles. The van der Waals surface area contributed by atoms with E-state index < -0.39 is 32.2 Å². The number of aryl methyl sites for hydroxylation is 1. The smallest absolute Gasteiger partial charge is 0.244 e. The number of fused-ring (bicyclic) bond motifs is 1.